The fraction of sp³-hybridized carbons (Fsp3) is 0.417. The molecule has 1 aromatic carbocycles. The molecule has 1 aromatic rings. The summed E-state index contributed by atoms with van der Waals surface area (Å²) in [5.41, 5.74) is 8.63. The number of carbonyl (C=O) groups is 1. The van der Waals surface area contributed by atoms with Gasteiger partial charge in [0.2, 0.25) is 0 Å². The highest BCUT2D eigenvalue weighted by Gasteiger charge is 2.21. The molecule has 0 radical (unpaired) electrons. The summed E-state index contributed by atoms with van der Waals surface area (Å²) in [4.78, 5) is 12.1. The highest BCUT2D eigenvalue weighted by Crippen LogP contribution is 2.29. The van der Waals surface area contributed by atoms with E-state index in [-0.39, 0.29) is 6.54 Å². The molecule has 0 heterocycles. The Bertz CT molecular complexity index is 404. The standard InChI is InChI=1S/C12H17NO2S/c1-7-4-9(10(6-13)12(14)15)11(16-3)5-8(7)2/h4-5,10H,6,13H2,1-3H3,(H,14,15). The number of benzene rings is 1. The second-order valence-electron chi connectivity index (χ2n) is 3.80. The Kier molecular flexibility index (Phi) is 4.38. The van der Waals surface area contributed by atoms with Crippen molar-refractivity contribution in [3.63, 3.8) is 0 Å². The molecule has 0 aliphatic rings. The van der Waals surface area contributed by atoms with Crippen molar-refractivity contribution in [2.75, 3.05) is 12.8 Å². The summed E-state index contributed by atoms with van der Waals surface area (Å²) in [5, 5.41) is 9.12. The van der Waals surface area contributed by atoms with Crippen LogP contribution in [-0.4, -0.2) is 23.9 Å². The van der Waals surface area contributed by atoms with Crippen LogP contribution < -0.4 is 5.73 Å². The molecule has 0 aliphatic heterocycles. The zero-order valence-electron chi connectivity index (χ0n) is 9.78. The molecule has 0 aromatic heterocycles. The van der Waals surface area contributed by atoms with Crippen LogP contribution in [0.25, 0.3) is 0 Å². The summed E-state index contributed by atoms with van der Waals surface area (Å²) in [5.74, 6) is -1.47. The van der Waals surface area contributed by atoms with Crippen LogP contribution in [0.1, 0.15) is 22.6 Å². The third-order valence-corrected chi connectivity index (χ3v) is 3.55. The Morgan fingerprint density at radius 3 is 2.44 bits per heavy atom. The van der Waals surface area contributed by atoms with Crippen molar-refractivity contribution < 1.29 is 9.90 Å². The van der Waals surface area contributed by atoms with Gasteiger partial charge in [-0.3, -0.25) is 4.79 Å². The maximum absolute atomic E-state index is 11.1. The first-order valence-corrected chi connectivity index (χ1v) is 6.31. The predicted octanol–water partition coefficient (Wildman–Crippen LogP) is 2.15. The molecule has 1 unspecified atom stereocenters. The minimum atomic E-state index is -0.860. The number of carboxylic acids is 1. The van der Waals surface area contributed by atoms with Crippen molar-refractivity contribution in [2.45, 2.75) is 24.7 Å². The maximum Gasteiger partial charge on any atom is 0.312 e. The number of hydrogen-bond donors (Lipinski definition) is 2. The smallest absolute Gasteiger partial charge is 0.312 e. The average Bonchev–Trinajstić information content (AvgIpc) is 2.23. The summed E-state index contributed by atoms with van der Waals surface area (Å²) < 4.78 is 0. The van der Waals surface area contributed by atoms with Crippen molar-refractivity contribution in [1.29, 1.82) is 0 Å². The second kappa shape index (κ2) is 5.37. The largest absolute Gasteiger partial charge is 0.481 e. The highest BCUT2D eigenvalue weighted by atomic mass is 32.2. The minimum absolute atomic E-state index is 0.130. The molecule has 0 fully saturated rings. The first-order valence-electron chi connectivity index (χ1n) is 5.09. The Morgan fingerprint density at radius 1 is 1.44 bits per heavy atom. The lowest BCUT2D eigenvalue weighted by atomic mass is 9.95. The molecular weight excluding hydrogens is 222 g/mol. The van der Waals surface area contributed by atoms with Gasteiger partial charge in [0.1, 0.15) is 0 Å². The Balaban J connectivity index is 3.30. The van der Waals surface area contributed by atoms with Gasteiger partial charge in [-0.05, 0) is 42.9 Å². The molecule has 16 heavy (non-hydrogen) atoms. The van der Waals surface area contributed by atoms with Gasteiger partial charge in [-0.25, -0.2) is 0 Å². The van der Waals surface area contributed by atoms with Gasteiger partial charge >= 0.3 is 5.97 Å². The lowest BCUT2D eigenvalue weighted by molar-refractivity contribution is -0.138. The minimum Gasteiger partial charge on any atom is -0.481 e. The van der Waals surface area contributed by atoms with Gasteiger partial charge in [-0.2, -0.15) is 0 Å². The van der Waals surface area contributed by atoms with Gasteiger partial charge in [0.15, 0.2) is 0 Å². The van der Waals surface area contributed by atoms with Gasteiger partial charge < -0.3 is 10.8 Å². The summed E-state index contributed by atoms with van der Waals surface area (Å²) in [6, 6.07) is 3.97. The summed E-state index contributed by atoms with van der Waals surface area (Å²) in [6.07, 6.45) is 1.95. The molecule has 3 nitrogen and oxygen atoms in total. The van der Waals surface area contributed by atoms with E-state index in [0.29, 0.717) is 0 Å². The zero-order chi connectivity index (χ0) is 12.3. The first-order chi connectivity index (χ1) is 7.51. The molecule has 0 aliphatic carbocycles. The van der Waals surface area contributed by atoms with Crippen molar-refractivity contribution in [3.05, 3.63) is 28.8 Å². The summed E-state index contributed by atoms with van der Waals surface area (Å²) in [6.45, 7) is 4.14. The number of thioether (sulfide) groups is 1. The predicted molar refractivity (Wildman–Crippen MR) is 67.1 cm³/mol. The normalized spacial score (nSPS) is 12.5. The van der Waals surface area contributed by atoms with Crippen LogP contribution in [-0.2, 0) is 4.79 Å². The molecule has 4 heteroatoms. The lowest BCUT2D eigenvalue weighted by Crippen LogP contribution is -2.22. The zero-order valence-corrected chi connectivity index (χ0v) is 10.6. The summed E-state index contributed by atoms with van der Waals surface area (Å²) >= 11 is 1.56. The van der Waals surface area contributed by atoms with E-state index in [4.69, 9.17) is 10.8 Å². The number of carboxylic acid groups (broad SMARTS) is 1. The van der Waals surface area contributed by atoms with Crippen molar-refractivity contribution in [2.24, 2.45) is 5.73 Å². The van der Waals surface area contributed by atoms with Crippen LogP contribution in [0.2, 0.25) is 0 Å². The number of hydrogen-bond acceptors (Lipinski definition) is 3. The molecule has 0 spiro atoms. The van der Waals surface area contributed by atoms with E-state index in [1.54, 1.807) is 11.8 Å². The van der Waals surface area contributed by atoms with Crippen molar-refractivity contribution in [3.8, 4) is 0 Å². The number of rotatable bonds is 4. The molecule has 0 saturated heterocycles. The van der Waals surface area contributed by atoms with Crippen LogP contribution in [0.15, 0.2) is 17.0 Å². The monoisotopic (exact) mass is 239 g/mol. The van der Waals surface area contributed by atoms with Gasteiger partial charge in [0.25, 0.3) is 0 Å². The third-order valence-electron chi connectivity index (χ3n) is 2.76. The Morgan fingerprint density at radius 2 is 2.00 bits per heavy atom. The lowest BCUT2D eigenvalue weighted by Gasteiger charge is -2.16. The highest BCUT2D eigenvalue weighted by molar-refractivity contribution is 7.98. The first kappa shape index (κ1) is 13.1. The quantitative estimate of drug-likeness (QED) is 0.790. The number of aryl methyl sites for hydroxylation is 2. The fourth-order valence-electron chi connectivity index (χ4n) is 1.62. The van der Waals surface area contributed by atoms with Crippen LogP contribution in [0.5, 0.6) is 0 Å². The van der Waals surface area contributed by atoms with E-state index in [2.05, 4.69) is 0 Å². The molecule has 88 valence electrons. The van der Waals surface area contributed by atoms with Gasteiger partial charge in [0.05, 0.1) is 5.92 Å². The molecule has 1 rings (SSSR count). The molecule has 3 N–H and O–H groups in total. The SMILES string of the molecule is CSc1cc(C)c(C)cc1C(CN)C(=O)O. The molecule has 0 amide bonds. The Hall–Kier alpha value is -1.00. The van der Waals surface area contributed by atoms with E-state index in [0.717, 1.165) is 16.0 Å². The maximum atomic E-state index is 11.1. The second-order valence-corrected chi connectivity index (χ2v) is 4.65. The van der Waals surface area contributed by atoms with Gasteiger partial charge in [-0.1, -0.05) is 6.07 Å². The Labute approximate surface area is 100 Å². The van der Waals surface area contributed by atoms with Crippen LogP contribution >= 0.6 is 11.8 Å². The topological polar surface area (TPSA) is 63.3 Å². The molecular formula is C12H17NO2S. The third kappa shape index (κ3) is 2.57. The van der Waals surface area contributed by atoms with E-state index in [1.165, 1.54) is 5.56 Å². The van der Waals surface area contributed by atoms with Gasteiger partial charge in [0, 0.05) is 11.4 Å². The molecule has 1 atom stereocenters. The molecule has 0 saturated carbocycles. The number of aliphatic carboxylic acids is 1. The average molecular weight is 239 g/mol. The van der Waals surface area contributed by atoms with Crippen LogP contribution in [0.4, 0.5) is 0 Å². The summed E-state index contributed by atoms with van der Waals surface area (Å²) in [7, 11) is 0. The van der Waals surface area contributed by atoms with Crippen molar-refractivity contribution in [1.82, 2.24) is 0 Å². The molecule has 0 bridgehead atoms. The number of nitrogens with two attached hydrogens (primary N) is 1. The van der Waals surface area contributed by atoms with Gasteiger partial charge in [-0.15, -0.1) is 11.8 Å². The van der Waals surface area contributed by atoms with Crippen LogP contribution in [0, 0.1) is 13.8 Å². The van der Waals surface area contributed by atoms with Crippen LogP contribution in [0.3, 0.4) is 0 Å². The van der Waals surface area contributed by atoms with Crippen molar-refractivity contribution >= 4 is 17.7 Å². The van der Waals surface area contributed by atoms with E-state index in [1.807, 2.05) is 32.2 Å². The van der Waals surface area contributed by atoms with E-state index >= 15 is 0 Å². The van der Waals surface area contributed by atoms with E-state index < -0.39 is 11.9 Å². The fourth-order valence-corrected chi connectivity index (χ4v) is 2.35. The van der Waals surface area contributed by atoms with E-state index in [9.17, 15) is 4.79 Å².